The maximum Gasteiger partial charge on any atom is 0.387 e. The molecule has 8 heteroatoms. The Bertz CT molecular complexity index is 725. The Labute approximate surface area is 149 Å². The number of carbonyl (C=O) groups is 1. The molecule has 0 aliphatic heterocycles. The van der Waals surface area contributed by atoms with Crippen molar-refractivity contribution in [1.82, 2.24) is 0 Å². The average molecular weight is 367 g/mol. The van der Waals surface area contributed by atoms with Gasteiger partial charge in [-0.2, -0.15) is 8.78 Å². The number of nitrogens with one attached hydrogen (secondary N) is 1. The Morgan fingerprint density at radius 1 is 1.00 bits per heavy atom. The van der Waals surface area contributed by atoms with Crippen LogP contribution in [0.3, 0.4) is 0 Å². The van der Waals surface area contributed by atoms with Crippen LogP contribution in [0.1, 0.15) is 5.56 Å². The standard InChI is InChI=1S/C18H19F2NO5/c1-23-14-8-11(9-15(24-2)17(14)25-3)10-16(22)21-12-4-6-13(7-5-12)26-18(19)20/h4-9,18H,10H2,1-3H3,(H,21,22). The third-order valence-electron chi connectivity index (χ3n) is 3.45. The minimum Gasteiger partial charge on any atom is -0.493 e. The molecule has 0 fully saturated rings. The summed E-state index contributed by atoms with van der Waals surface area (Å²) in [4.78, 5) is 12.2. The van der Waals surface area contributed by atoms with Crippen molar-refractivity contribution >= 4 is 11.6 Å². The van der Waals surface area contributed by atoms with Crippen molar-refractivity contribution in [3.05, 3.63) is 42.0 Å². The van der Waals surface area contributed by atoms with E-state index in [-0.39, 0.29) is 18.1 Å². The number of halogens is 2. The molecule has 26 heavy (non-hydrogen) atoms. The molecule has 0 bridgehead atoms. The highest BCUT2D eigenvalue weighted by Crippen LogP contribution is 2.38. The summed E-state index contributed by atoms with van der Waals surface area (Å²) in [5.41, 5.74) is 1.12. The summed E-state index contributed by atoms with van der Waals surface area (Å²) in [5.74, 6) is 1.06. The summed E-state index contributed by atoms with van der Waals surface area (Å²) in [6.07, 6.45) is 0.0615. The van der Waals surface area contributed by atoms with Gasteiger partial charge in [-0.3, -0.25) is 4.79 Å². The van der Waals surface area contributed by atoms with Gasteiger partial charge >= 0.3 is 6.61 Å². The first-order valence-corrected chi connectivity index (χ1v) is 7.60. The van der Waals surface area contributed by atoms with Crippen molar-refractivity contribution in [2.75, 3.05) is 26.6 Å². The van der Waals surface area contributed by atoms with E-state index in [1.165, 1.54) is 45.6 Å². The zero-order valence-corrected chi connectivity index (χ0v) is 14.5. The average Bonchev–Trinajstić information content (AvgIpc) is 2.61. The maximum absolute atomic E-state index is 12.2. The van der Waals surface area contributed by atoms with Crippen LogP contribution in [0.15, 0.2) is 36.4 Å². The van der Waals surface area contributed by atoms with Crippen LogP contribution in [-0.2, 0) is 11.2 Å². The van der Waals surface area contributed by atoms with Crippen molar-refractivity contribution in [3.8, 4) is 23.0 Å². The van der Waals surface area contributed by atoms with E-state index in [0.29, 0.717) is 28.5 Å². The van der Waals surface area contributed by atoms with Crippen LogP contribution in [0.2, 0.25) is 0 Å². The molecule has 2 aromatic rings. The molecule has 0 saturated heterocycles. The van der Waals surface area contributed by atoms with Crippen LogP contribution in [0.25, 0.3) is 0 Å². The molecular formula is C18H19F2NO5. The fourth-order valence-electron chi connectivity index (χ4n) is 2.35. The van der Waals surface area contributed by atoms with Crippen LogP contribution in [0.4, 0.5) is 14.5 Å². The van der Waals surface area contributed by atoms with E-state index in [1.54, 1.807) is 12.1 Å². The Kier molecular flexibility index (Phi) is 6.60. The van der Waals surface area contributed by atoms with Crippen molar-refractivity contribution in [2.24, 2.45) is 0 Å². The minimum absolute atomic E-state index is 0.0163. The number of alkyl halides is 2. The predicted molar refractivity (Wildman–Crippen MR) is 91.5 cm³/mol. The van der Waals surface area contributed by atoms with Crippen LogP contribution in [0.5, 0.6) is 23.0 Å². The zero-order chi connectivity index (χ0) is 19.1. The van der Waals surface area contributed by atoms with Crippen LogP contribution in [-0.4, -0.2) is 33.8 Å². The number of benzene rings is 2. The molecule has 0 aromatic heterocycles. The molecule has 6 nitrogen and oxygen atoms in total. The third-order valence-corrected chi connectivity index (χ3v) is 3.45. The van der Waals surface area contributed by atoms with Crippen LogP contribution in [0, 0.1) is 0 Å². The summed E-state index contributed by atoms with van der Waals surface area (Å²) in [5, 5.41) is 2.68. The lowest BCUT2D eigenvalue weighted by atomic mass is 10.1. The van der Waals surface area contributed by atoms with Gasteiger partial charge in [0.25, 0.3) is 0 Å². The lowest BCUT2D eigenvalue weighted by Crippen LogP contribution is -2.14. The first-order chi connectivity index (χ1) is 12.5. The summed E-state index contributed by atoms with van der Waals surface area (Å²) < 4.78 is 44.3. The summed E-state index contributed by atoms with van der Waals surface area (Å²) in [6, 6.07) is 9.01. The van der Waals surface area contributed by atoms with E-state index in [2.05, 4.69) is 10.1 Å². The predicted octanol–water partition coefficient (Wildman–Crippen LogP) is 3.50. The molecule has 1 N–H and O–H groups in total. The first kappa shape index (κ1) is 19.3. The summed E-state index contributed by atoms with van der Waals surface area (Å²) in [6.45, 7) is -2.89. The molecular weight excluding hydrogens is 348 g/mol. The second kappa shape index (κ2) is 8.89. The van der Waals surface area contributed by atoms with E-state index < -0.39 is 6.61 Å². The van der Waals surface area contributed by atoms with E-state index in [0.717, 1.165) is 0 Å². The lowest BCUT2D eigenvalue weighted by molar-refractivity contribution is -0.115. The van der Waals surface area contributed by atoms with Gasteiger partial charge in [0.2, 0.25) is 11.7 Å². The van der Waals surface area contributed by atoms with E-state index >= 15 is 0 Å². The van der Waals surface area contributed by atoms with Gasteiger partial charge in [-0.25, -0.2) is 0 Å². The molecule has 0 atom stereocenters. The highest BCUT2D eigenvalue weighted by molar-refractivity contribution is 5.92. The van der Waals surface area contributed by atoms with Gasteiger partial charge in [-0.15, -0.1) is 0 Å². The van der Waals surface area contributed by atoms with Gasteiger partial charge in [0, 0.05) is 5.69 Å². The fraction of sp³-hybridized carbons (Fsp3) is 0.278. The Balaban J connectivity index is 2.07. The highest BCUT2D eigenvalue weighted by Gasteiger charge is 2.15. The lowest BCUT2D eigenvalue weighted by Gasteiger charge is -2.14. The quantitative estimate of drug-likeness (QED) is 0.774. The molecule has 2 aromatic carbocycles. The number of hydrogen-bond acceptors (Lipinski definition) is 5. The van der Waals surface area contributed by atoms with Gasteiger partial charge in [0.15, 0.2) is 11.5 Å². The number of methoxy groups -OCH3 is 3. The van der Waals surface area contributed by atoms with Gasteiger partial charge < -0.3 is 24.3 Å². The zero-order valence-electron chi connectivity index (χ0n) is 14.5. The first-order valence-electron chi connectivity index (χ1n) is 7.60. The molecule has 0 heterocycles. The molecule has 0 unspecified atom stereocenters. The molecule has 0 aliphatic carbocycles. The molecule has 0 aliphatic rings. The third kappa shape index (κ3) is 4.98. The SMILES string of the molecule is COc1cc(CC(=O)Nc2ccc(OC(F)F)cc2)cc(OC)c1OC. The molecule has 0 spiro atoms. The topological polar surface area (TPSA) is 66.0 Å². The molecule has 0 radical (unpaired) electrons. The maximum atomic E-state index is 12.2. The van der Waals surface area contributed by atoms with Crippen molar-refractivity contribution < 1.29 is 32.5 Å². The second-order valence-corrected chi connectivity index (χ2v) is 5.16. The van der Waals surface area contributed by atoms with Gasteiger partial charge in [0.1, 0.15) is 5.75 Å². The Morgan fingerprint density at radius 2 is 1.58 bits per heavy atom. The number of anilines is 1. The number of rotatable bonds is 8. The Hall–Kier alpha value is -3.03. The van der Waals surface area contributed by atoms with Gasteiger partial charge in [-0.05, 0) is 42.0 Å². The molecule has 0 saturated carbocycles. The highest BCUT2D eigenvalue weighted by atomic mass is 19.3. The van der Waals surface area contributed by atoms with Crippen molar-refractivity contribution in [3.63, 3.8) is 0 Å². The minimum atomic E-state index is -2.89. The normalized spacial score (nSPS) is 10.4. The van der Waals surface area contributed by atoms with Crippen molar-refractivity contribution in [2.45, 2.75) is 13.0 Å². The van der Waals surface area contributed by atoms with Crippen molar-refractivity contribution in [1.29, 1.82) is 0 Å². The monoisotopic (exact) mass is 367 g/mol. The molecule has 140 valence electrons. The number of hydrogen-bond donors (Lipinski definition) is 1. The summed E-state index contributed by atoms with van der Waals surface area (Å²) >= 11 is 0. The van der Waals surface area contributed by atoms with E-state index in [4.69, 9.17) is 14.2 Å². The molecule has 2 rings (SSSR count). The number of ether oxygens (including phenoxy) is 4. The van der Waals surface area contributed by atoms with Gasteiger partial charge in [0.05, 0.1) is 27.8 Å². The van der Waals surface area contributed by atoms with Crippen LogP contribution >= 0.6 is 0 Å². The summed E-state index contributed by atoms with van der Waals surface area (Å²) in [7, 11) is 4.47. The Morgan fingerprint density at radius 3 is 2.04 bits per heavy atom. The van der Waals surface area contributed by atoms with Gasteiger partial charge in [-0.1, -0.05) is 0 Å². The van der Waals surface area contributed by atoms with E-state index in [9.17, 15) is 13.6 Å². The smallest absolute Gasteiger partial charge is 0.387 e. The van der Waals surface area contributed by atoms with Crippen LogP contribution < -0.4 is 24.3 Å². The number of amides is 1. The molecule has 1 amide bonds. The fourth-order valence-corrected chi connectivity index (χ4v) is 2.35. The second-order valence-electron chi connectivity index (χ2n) is 5.16. The van der Waals surface area contributed by atoms with E-state index in [1.807, 2.05) is 0 Å². The number of carbonyl (C=O) groups excluding carboxylic acids is 1. The largest absolute Gasteiger partial charge is 0.493 e.